The third kappa shape index (κ3) is 4.60. The van der Waals surface area contributed by atoms with E-state index >= 15 is 0 Å². The molecule has 0 atom stereocenters. The molecule has 2 aromatic rings. The topological polar surface area (TPSA) is 68.1 Å². The average molecular weight is 364 g/mol. The first-order valence-electron chi connectivity index (χ1n) is 6.41. The van der Waals surface area contributed by atoms with Crippen LogP contribution >= 0.6 is 15.9 Å². The van der Waals surface area contributed by atoms with Crippen molar-refractivity contribution in [2.24, 2.45) is 4.99 Å². The molecule has 0 aliphatic carbocycles. The van der Waals surface area contributed by atoms with E-state index in [4.69, 9.17) is 14.6 Å². The molecule has 0 aromatic heterocycles. The van der Waals surface area contributed by atoms with Crippen LogP contribution < -0.4 is 9.47 Å². The molecule has 114 valence electrons. The number of nitrogens with zero attached hydrogens (tertiary/aromatic N) is 1. The summed E-state index contributed by atoms with van der Waals surface area (Å²) in [4.78, 5) is 15.0. The van der Waals surface area contributed by atoms with Gasteiger partial charge in [-0.2, -0.15) is 0 Å². The Morgan fingerprint density at radius 1 is 1.27 bits per heavy atom. The molecule has 2 rings (SSSR count). The van der Waals surface area contributed by atoms with Crippen molar-refractivity contribution in [2.45, 2.75) is 0 Å². The summed E-state index contributed by atoms with van der Waals surface area (Å²) in [6, 6.07) is 12.6. The van der Waals surface area contributed by atoms with Gasteiger partial charge in [0.05, 0.1) is 12.8 Å². The number of hydrogen-bond donors (Lipinski definition) is 1. The second-order valence-corrected chi connectivity index (χ2v) is 5.24. The van der Waals surface area contributed by atoms with Gasteiger partial charge in [0.25, 0.3) is 0 Å². The molecule has 0 saturated carbocycles. The largest absolute Gasteiger partial charge is 0.497 e. The van der Waals surface area contributed by atoms with Gasteiger partial charge >= 0.3 is 5.97 Å². The summed E-state index contributed by atoms with van der Waals surface area (Å²) < 4.78 is 11.2. The highest BCUT2D eigenvalue weighted by molar-refractivity contribution is 9.10. The molecule has 2 aromatic carbocycles. The van der Waals surface area contributed by atoms with Crippen molar-refractivity contribution < 1.29 is 19.4 Å². The molecule has 0 unspecified atom stereocenters. The molecular weight excluding hydrogens is 350 g/mol. The van der Waals surface area contributed by atoms with Crippen molar-refractivity contribution in [1.82, 2.24) is 0 Å². The van der Waals surface area contributed by atoms with Crippen molar-refractivity contribution in [3.05, 3.63) is 52.5 Å². The number of aliphatic imine (C=N–C) groups is 1. The molecule has 5 nitrogen and oxygen atoms in total. The molecule has 0 fully saturated rings. The molecule has 0 radical (unpaired) electrons. The summed E-state index contributed by atoms with van der Waals surface area (Å²) in [6.07, 6.45) is 1.63. The number of carboxylic acids is 1. The monoisotopic (exact) mass is 363 g/mol. The lowest BCUT2D eigenvalue weighted by molar-refractivity contribution is -0.139. The number of methoxy groups -OCH3 is 1. The van der Waals surface area contributed by atoms with E-state index in [1.807, 2.05) is 30.3 Å². The third-order valence-corrected chi connectivity index (χ3v) is 3.24. The standard InChI is InChI=1S/C16H14BrNO4/c1-21-14-5-3-13(4-6-14)18-9-11-8-12(17)2-7-15(11)22-10-16(19)20/h2-9H,10H2,1H3,(H,19,20). The Labute approximate surface area is 136 Å². The van der Waals surface area contributed by atoms with Crippen molar-refractivity contribution in [2.75, 3.05) is 13.7 Å². The summed E-state index contributed by atoms with van der Waals surface area (Å²) in [5.74, 6) is 0.190. The van der Waals surface area contributed by atoms with Gasteiger partial charge in [-0.25, -0.2) is 4.79 Å². The van der Waals surface area contributed by atoms with Crippen molar-refractivity contribution in [1.29, 1.82) is 0 Å². The van der Waals surface area contributed by atoms with Crippen LogP contribution in [-0.2, 0) is 4.79 Å². The Hall–Kier alpha value is -2.34. The minimum Gasteiger partial charge on any atom is -0.497 e. The maximum atomic E-state index is 10.6. The zero-order valence-corrected chi connectivity index (χ0v) is 13.4. The molecule has 0 spiro atoms. The fraction of sp³-hybridized carbons (Fsp3) is 0.125. The number of aliphatic carboxylic acids is 1. The molecule has 0 amide bonds. The smallest absolute Gasteiger partial charge is 0.341 e. The van der Waals surface area contributed by atoms with E-state index in [1.165, 1.54) is 0 Å². The minimum absolute atomic E-state index is 0.398. The quantitative estimate of drug-likeness (QED) is 0.795. The minimum atomic E-state index is -1.03. The van der Waals surface area contributed by atoms with Crippen molar-refractivity contribution in [3.63, 3.8) is 0 Å². The normalized spacial score (nSPS) is 10.6. The first-order valence-corrected chi connectivity index (χ1v) is 7.20. The summed E-state index contributed by atoms with van der Waals surface area (Å²) in [6.45, 7) is -0.398. The Bertz CT molecular complexity index is 683. The van der Waals surface area contributed by atoms with Gasteiger partial charge in [0.2, 0.25) is 0 Å². The Morgan fingerprint density at radius 2 is 2.00 bits per heavy atom. The number of carbonyl (C=O) groups is 1. The first kappa shape index (κ1) is 16.0. The third-order valence-electron chi connectivity index (χ3n) is 2.75. The van der Waals surface area contributed by atoms with Crippen LogP contribution in [-0.4, -0.2) is 31.0 Å². The molecule has 22 heavy (non-hydrogen) atoms. The van der Waals surface area contributed by atoms with Gasteiger partial charge in [-0.3, -0.25) is 4.99 Å². The zero-order valence-electron chi connectivity index (χ0n) is 11.8. The average Bonchev–Trinajstić information content (AvgIpc) is 2.52. The van der Waals surface area contributed by atoms with Gasteiger partial charge in [-0.15, -0.1) is 0 Å². The Balaban J connectivity index is 2.20. The molecule has 6 heteroatoms. The van der Waals surface area contributed by atoms with Gasteiger partial charge in [0.1, 0.15) is 11.5 Å². The van der Waals surface area contributed by atoms with Crippen molar-refractivity contribution >= 4 is 33.8 Å². The second-order valence-electron chi connectivity index (χ2n) is 4.32. The van der Waals surface area contributed by atoms with Gasteiger partial charge < -0.3 is 14.6 Å². The fourth-order valence-electron chi connectivity index (χ4n) is 1.70. The lowest BCUT2D eigenvalue weighted by atomic mass is 10.2. The van der Waals surface area contributed by atoms with E-state index in [2.05, 4.69) is 20.9 Å². The number of benzene rings is 2. The number of hydrogen-bond acceptors (Lipinski definition) is 4. The van der Waals surface area contributed by atoms with Crippen LogP contribution in [0.1, 0.15) is 5.56 Å². The number of ether oxygens (including phenoxy) is 2. The van der Waals surface area contributed by atoms with E-state index in [0.717, 1.165) is 15.9 Å². The highest BCUT2D eigenvalue weighted by Gasteiger charge is 2.05. The molecule has 0 aliphatic heterocycles. The Kier molecular flexibility index (Phi) is 5.55. The molecule has 1 N–H and O–H groups in total. The highest BCUT2D eigenvalue weighted by Crippen LogP contribution is 2.23. The second kappa shape index (κ2) is 7.61. The van der Waals surface area contributed by atoms with E-state index in [-0.39, 0.29) is 0 Å². The number of rotatable bonds is 6. The summed E-state index contributed by atoms with van der Waals surface area (Å²) in [5, 5.41) is 8.70. The van der Waals surface area contributed by atoms with E-state index < -0.39 is 12.6 Å². The van der Waals surface area contributed by atoms with Crippen LogP contribution in [0.25, 0.3) is 0 Å². The molecule has 0 bridgehead atoms. The Morgan fingerprint density at radius 3 is 2.64 bits per heavy atom. The zero-order chi connectivity index (χ0) is 15.9. The van der Waals surface area contributed by atoms with Crippen molar-refractivity contribution in [3.8, 4) is 11.5 Å². The van der Waals surface area contributed by atoms with E-state index in [1.54, 1.807) is 25.5 Å². The van der Waals surface area contributed by atoms with Crippen LogP contribution in [0.15, 0.2) is 51.9 Å². The van der Waals surface area contributed by atoms with Crippen LogP contribution in [0.2, 0.25) is 0 Å². The summed E-state index contributed by atoms with van der Waals surface area (Å²) in [7, 11) is 1.60. The van der Waals surface area contributed by atoms with Gasteiger partial charge in [-0.05, 0) is 42.5 Å². The molecule has 0 saturated heterocycles. The van der Waals surface area contributed by atoms with Crippen LogP contribution in [0, 0.1) is 0 Å². The lowest BCUT2D eigenvalue weighted by Crippen LogP contribution is -2.10. The molecular formula is C16H14BrNO4. The number of halogens is 1. The predicted octanol–water partition coefficient (Wildman–Crippen LogP) is 3.67. The van der Waals surface area contributed by atoms with Crippen LogP contribution in [0.4, 0.5) is 5.69 Å². The molecule has 0 aliphatic rings. The molecule has 0 heterocycles. The maximum Gasteiger partial charge on any atom is 0.341 e. The summed E-state index contributed by atoms with van der Waals surface area (Å²) in [5.41, 5.74) is 1.44. The van der Waals surface area contributed by atoms with Gasteiger partial charge in [0, 0.05) is 16.3 Å². The predicted molar refractivity (Wildman–Crippen MR) is 87.5 cm³/mol. The van der Waals surface area contributed by atoms with E-state index in [0.29, 0.717) is 11.3 Å². The van der Waals surface area contributed by atoms with Gasteiger partial charge in [0.15, 0.2) is 6.61 Å². The van der Waals surface area contributed by atoms with Crippen LogP contribution in [0.5, 0.6) is 11.5 Å². The van der Waals surface area contributed by atoms with E-state index in [9.17, 15) is 4.79 Å². The van der Waals surface area contributed by atoms with Gasteiger partial charge in [-0.1, -0.05) is 15.9 Å². The summed E-state index contributed by atoms with van der Waals surface area (Å²) >= 11 is 3.37. The lowest BCUT2D eigenvalue weighted by Gasteiger charge is -2.07. The fourth-order valence-corrected chi connectivity index (χ4v) is 2.08. The SMILES string of the molecule is COc1ccc(N=Cc2cc(Br)ccc2OCC(=O)O)cc1. The highest BCUT2D eigenvalue weighted by atomic mass is 79.9. The van der Waals surface area contributed by atoms with Crippen LogP contribution in [0.3, 0.4) is 0 Å². The first-order chi connectivity index (χ1) is 10.6. The number of carboxylic acid groups (broad SMARTS) is 1. The maximum absolute atomic E-state index is 10.6.